The van der Waals surface area contributed by atoms with E-state index < -0.39 is 0 Å². The predicted octanol–water partition coefficient (Wildman–Crippen LogP) is 2.58. The molecule has 0 spiro atoms. The van der Waals surface area contributed by atoms with Crippen molar-refractivity contribution in [1.29, 1.82) is 0 Å². The predicted molar refractivity (Wildman–Crippen MR) is 68.6 cm³/mol. The van der Waals surface area contributed by atoms with Crippen LogP contribution >= 0.6 is 0 Å². The van der Waals surface area contributed by atoms with Crippen LogP contribution in [0.3, 0.4) is 0 Å². The fraction of sp³-hybridized carbons (Fsp3) is 1.00. The van der Waals surface area contributed by atoms with E-state index in [-0.39, 0.29) is 17.6 Å². The van der Waals surface area contributed by atoms with Crippen molar-refractivity contribution in [3.8, 4) is 0 Å². The van der Waals surface area contributed by atoms with E-state index >= 15 is 0 Å². The Hall–Kier alpha value is -0.120. The third-order valence-electron chi connectivity index (χ3n) is 2.59. The van der Waals surface area contributed by atoms with Crippen molar-refractivity contribution < 1.29 is 9.47 Å². The van der Waals surface area contributed by atoms with Crippen LogP contribution in [0, 0.1) is 5.41 Å². The van der Waals surface area contributed by atoms with Gasteiger partial charge in [-0.15, -0.1) is 0 Å². The standard InChI is InChI=1S/C13H29NO2/c1-6-8-15-9-10-16-12(11(14)7-2)13(3,4)5/h11-12H,6-10,14H2,1-5H3. The van der Waals surface area contributed by atoms with Crippen LogP contribution in [0.4, 0.5) is 0 Å². The van der Waals surface area contributed by atoms with Gasteiger partial charge in [0.25, 0.3) is 0 Å². The van der Waals surface area contributed by atoms with Gasteiger partial charge in [0.1, 0.15) is 0 Å². The molecule has 98 valence electrons. The number of nitrogens with two attached hydrogens (primary N) is 1. The van der Waals surface area contributed by atoms with Gasteiger partial charge < -0.3 is 15.2 Å². The number of rotatable bonds is 8. The lowest BCUT2D eigenvalue weighted by atomic mass is 9.84. The molecule has 16 heavy (non-hydrogen) atoms. The van der Waals surface area contributed by atoms with E-state index in [1.54, 1.807) is 0 Å². The molecule has 0 radical (unpaired) electrons. The molecule has 0 saturated carbocycles. The molecule has 0 aliphatic carbocycles. The zero-order chi connectivity index (χ0) is 12.6. The van der Waals surface area contributed by atoms with Crippen molar-refractivity contribution in [3.05, 3.63) is 0 Å². The summed E-state index contributed by atoms with van der Waals surface area (Å²) in [6.45, 7) is 12.8. The summed E-state index contributed by atoms with van der Waals surface area (Å²) in [5.74, 6) is 0. The molecular formula is C13H29NO2. The quantitative estimate of drug-likeness (QED) is 0.653. The molecule has 0 aliphatic heterocycles. The van der Waals surface area contributed by atoms with E-state index in [2.05, 4.69) is 34.6 Å². The number of hydrogen-bond acceptors (Lipinski definition) is 3. The fourth-order valence-electron chi connectivity index (χ4n) is 1.71. The Kier molecular flexibility index (Phi) is 7.98. The number of ether oxygens (including phenoxy) is 2. The Bertz CT molecular complexity index is 166. The first-order valence-corrected chi connectivity index (χ1v) is 6.38. The highest BCUT2D eigenvalue weighted by molar-refractivity contribution is 4.83. The van der Waals surface area contributed by atoms with Gasteiger partial charge in [-0.3, -0.25) is 0 Å². The van der Waals surface area contributed by atoms with E-state index in [0.717, 1.165) is 19.4 Å². The summed E-state index contributed by atoms with van der Waals surface area (Å²) in [6.07, 6.45) is 2.09. The zero-order valence-electron chi connectivity index (χ0n) is 11.6. The van der Waals surface area contributed by atoms with Gasteiger partial charge in [0.05, 0.1) is 19.3 Å². The first kappa shape index (κ1) is 15.9. The smallest absolute Gasteiger partial charge is 0.0775 e. The Labute approximate surface area is 101 Å². The lowest BCUT2D eigenvalue weighted by Crippen LogP contribution is -2.45. The van der Waals surface area contributed by atoms with Crippen LogP contribution < -0.4 is 5.73 Å². The molecule has 0 aromatic rings. The maximum absolute atomic E-state index is 6.08. The normalized spacial score (nSPS) is 16.1. The average molecular weight is 231 g/mol. The van der Waals surface area contributed by atoms with E-state index in [9.17, 15) is 0 Å². The van der Waals surface area contributed by atoms with Gasteiger partial charge in [-0.25, -0.2) is 0 Å². The van der Waals surface area contributed by atoms with E-state index in [1.807, 2.05) is 0 Å². The molecule has 0 saturated heterocycles. The van der Waals surface area contributed by atoms with Gasteiger partial charge in [-0.2, -0.15) is 0 Å². The molecule has 0 rings (SSSR count). The van der Waals surface area contributed by atoms with Crippen molar-refractivity contribution in [2.45, 2.75) is 59.6 Å². The van der Waals surface area contributed by atoms with E-state index in [1.165, 1.54) is 0 Å². The van der Waals surface area contributed by atoms with Gasteiger partial charge in [0.15, 0.2) is 0 Å². The topological polar surface area (TPSA) is 44.5 Å². The summed E-state index contributed by atoms with van der Waals surface area (Å²) >= 11 is 0. The van der Waals surface area contributed by atoms with Crippen molar-refractivity contribution >= 4 is 0 Å². The second-order valence-electron chi connectivity index (χ2n) is 5.34. The van der Waals surface area contributed by atoms with Crippen LogP contribution in [-0.2, 0) is 9.47 Å². The number of hydrogen-bond donors (Lipinski definition) is 1. The molecule has 3 heteroatoms. The van der Waals surface area contributed by atoms with Gasteiger partial charge in [-0.1, -0.05) is 34.6 Å². The van der Waals surface area contributed by atoms with Crippen molar-refractivity contribution in [2.75, 3.05) is 19.8 Å². The second-order valence-corrected chi connectivity index (χ2v) is 5.34. The molecule has 0 aliphatic rings. The molecule has 3 nitrogen and oxygen atoms in total. The van der Waals surface area contributed by atoms with Crippen molar-refractivity contribution in [2.24, 2.45) is 11.1 Å². The zero-order valence-corrected chi connectivity index (χ0v) is 11.6. The summed E-state index contributed by atoms with van der Waals surface area (Å²) in [5.41, 5.74) is 6.16. The minimum atomic E-state index is 0.0835. The molecule has 0 amide bonds. The van der Waals surface area contributed by atoms with Crippen LogP contribution in [0.25, 0.3) is 0 Å². The molecule has 2 atom stereocenters. The second kappa shape index (κ2) is 8.04. The maximum atomic E-state index is 6.08. The molecule has 0 fully saturated rings. The van der Waals surface area contributed by atoms with Crippen LogP contribution in [0.5, 0.6) is 0 Å². The Morgan fingerprint density at radius 2 is 1.69 bits per heavy atom. The van der Waals surface area contributed by atoms with Gasteiger partial charge in [0.2, 0.25) is 0 Å². The summed E-state index contributed by atoms with van der Waals surface area (Å²) in [5, 5.41) is 0. The Balaban J connectivity index is 3.94. The van der Waals surface area contributed by atoms with E-state index in [0.29, 0.717) is 13.2 Å². The highest BCUT2D eigenvalue weighted by Gasteiger charge is 2.29. The molecule has 0 aromatic carbocycles. The Morgan fingerprint density at radius 1 is 1.06 bits per heavy atom. The highest BCUT2D eigenvalue weighted by Crippen LogP contribution is 2.25. The van der Waals surface area contributed by atoms with Crippen LogP contribution in [-0.4, -0.2) is 32.0 Å². The average Bonchev–Trinajstić information content (AvgIpc) is 2.20. The highest BCUT2D eigenvalue weighted by atomic mass is 16.5. The summed E-state index contributed by atoms with van der Waals surface area (Å²) < 4.78 is 11.2. The summed E-state index contributed by atoms with van der Waals surface area (Å²) in [7, 11) is 0. The minimum Gasteiger partial charge on any atom is -0.379 e. The molecule has 0 heterocycles. The third kappa shape index (κ3) is 6.46. The Morgan fingerprint density at radius 3 is 2.12 bits per heavy atom. The van der Waals surface area contributed by atoms with Crippen molar-refractivity contribution in [3.63, 3.8) is 0 Å². The van der Waals surface area contributed by atoms with E-state index in [4.69, 9.17) is 15.2 Å². The molecular weight excluding hydrogens is 202 g/mol. The first-order chi connectivity index (χ1) is 7.43. The molecule has 0 aromatic heterocycles. The summed E-state index contributed by atoms with van der Waals surface area (Å²) in [4.78, 5) is 0. The van der Waals surface area contributed by atoms with Gasteiger partial charge in [0, 0.05) is 12.6 Å². The third-order valence-corrected chi connectivity index (χ3v) is 2.59. The fourth-order valence-corrected chi connectivity index (χ4v) is 1.71. The largest absolute Gasteiger partial charge is 0.379 e. The van der Waals surface area contributed by atoms with Crippen LogP contribution in [0.2, 0.25) is 0 Å². The minimum absolute atomic E-state index is 0.0835. The SMILES string of the molecule is CCCOCCOC(C(N)CC)C(C)(C)C. The lowest BCUT2D eigenvalue weighted by Gasteiger charge is -2.34. The van der Waals surface area contributed by atoms with Crippen LogP contribution in [0.15, 0.2) is 0 Å². The molecule has 2 unspecified atom stereocenters. The summed E-state index contributed by atoms with van der Waals surface area (Å²) in [6, 6.07) is 0.103. The molecule has 2 N–H and O–H groups in total. The van der Waals surface area contributed by atoms with Gasteiger partial charge in [-0.05, 0) is 18.3 Å². The first-order valence-electron chi connectivity index (χ1n) is 6.38. The maximum Gasteiger partial charge on any atom is 0.0775 e. The van der Waals surface area contributed by atoms with Crippen molar-refractivity contribution in [1.82, 2.24) is 0 Å². The van der Waals surface area contributed by atoms with Gasteiger partial charge >= 0.3 is 0 Å². The van der Waals surface area contributed by atoms with Crippen LogP contribution in [0.1, 0.15) is 47.5 Å². The molecule has 0 bridgehead atoms. The monoisotopic (exact) mass is 231 g/mol. The lowest BCUT2D eigenvalue weighted by molar-refractivity contribution is -0.0558.